The van der Waals surface area contributed by atoms with Gasteiger partial charge in [-0.3, -0.25) is 9.69 Å². The first-order valence-electron chi connectivity index (χ1n) is 13.7. The van der Waals surface area contributed by atoms with E-state index < -0.39 is 0 Å². The van der Waals surface area contributed by atoms with Gasteiger partial charge in [0.25, 0.3) is 5.91 Å². The summed E-state index contributed by atoms with van der Waals surface area (Å²) in [5, 5.41) is 6.16. The Morgan fingerprint density at radius 2 is 1.71 bits per heavy atom. The summed E-state index contributed by atoms with van der Waals surface area (Å²) >= 11 is 7.96. The van der Waals surface area contributed by atoms with Crippen molar-refractivity contribution in [3.63, 3.8) is 0 Å². The number of para-hydroxylation sites is 1. The highest BCUT2D eigenvalue weighted by Gasteiger charge is 2.29. The second kappa shape index (κ2) is 12.3. The van der Waals surface area contributed by atoms with Crippen LogP contribution in [-0.2, 0) is 11.3 Å². The van der Waals surface area contributed by atoms with E-state index in [2.05, 4.69) is 39.1 Å². The van der Waals surface area contributed by atoms with Crippen molar-refractivity contribution in [2.75, 3.05) is 32.8 Å². The predicted molar refractivity (Wildman–Crippen MR) is 166 cm³/mol. The van der Waals surface area contributed by atoms with Crippen molar-refractivity contribution in [2.45, 2.75) is 13.5 Å². The Morgan fingerprint density at radius 1 is 0.976 bits per heavy atom. The van der Waals surface area contributed by atoms with E-state index in [0.29, 0.717) is 22.3 Å². The van der Waals surface area contributed by atoms with Gasteiger partial charge in [-0.05, 0) is 60.7 Å². The quantitative estimate of drug-likeness (QED) is 0.235. The Balaban J connectivity index is 1.22. The van der Waals surface area contributed by atoms with E-state index in [1.54, 1.807) is 0 Å². The lowest BCUT2D eigenvalue weighted by Crippen LogP contribution is -2.47. The Hall–Kier alpha value is -3.85. The lowest BCUT2D eigenvalue weighted by Gasteiger charge is -2.35. The lowest BCUT2D eigenvalue weighted by atomic mass is 10.1. The molecule has 0 spiro atoms. The fourth-order valence-electron chi connectivity index (χ4n) is 4.96. The van der Waals surface area contributed by atoms with Gasteiger partial charge in [-0.25, -0.2) is 4.68 Å². The third kappa shape index (κ3) is 6.25. The number of thioether (sulfide) groups is 1. The normalized spacial score (nSPS) is 16.8. The van der Waals surface area contributed by atoms with Crippen LogP contribution >= 0.6 is 23.4 Å². The molecule has 2 aliphatic heterocycles. The topological polar surface area (TPSA) is 63.0 Å². The van der Waals surface area contributed by atoms with Crippen LogP contribution in [0.15, 0.2) is 95.0 Å². The summed E-state index contributed by atoms with van der Waals surface area (Å²) in [5.41, 5.74) is 4.61. The minimum absolute atomic E-state index is 0.222. The molecule has 0 radical (unpaired) electrons. The van der Waals surface area contributed by atoms with Gasteiger partial charge in [0, 0.05) is 50.0 Å². The predicted octanol–water partition coefficient (Wildman–Crippen LogP) is 6.38. The van der Waals surface area contributed by atoms with Crippen LogP contribution in [0.5, 0.6) is 5.75 Å². The molecule has 0 saturated carbocycles. The van der Waals surface area contributed by atoms with Crippen molar-refractivity contribution in [1.82, 2.24) is 19.6 Å². The number of piperazine rings is 1. The van der Waals surface area contributed by atoms with Gasteiger partial charge in [-0.1, -0.05) is 60.1 Å². The second-order valence-corrected chi connectivity index (χ2v) is 11.3. The van der Waals surface area contributed by atoms with Crippen molar-refractivity contribution >= 4 is 40.5 Å². The highest BCUT2D eigenvalue weighted by atomic mass is 35.5. The number of aromatic nitrogens is 2. The van der Waals surface area contributed by atoms with Gasteiger partial charge in [0.05, 0.1) is 22.2 Å². The Kier molecular flexibility index (Phi) is 8.23. The maximum absolute atomic E-state index is 13.1. The molecule has 1 aromatic heterocycles. The number of hydrogen-bond donors (Lipinski definition) is 0. The van der Waals surface area contributed by atoms with Gasteiger partial charge >= 0.3 is 0 Å². The zero-order valence-corrected chi connectivity index (χ0v) is 24.3. The number of amidine groups is 1. The average Bonchev–Trinajstić information content (AvgIpc) is 3.59. The summed E-state index contributed by atoms with van der Waals surface area (Å²) in [6.45, 7) is 6.91. The molecular weight excluding hydrogens is 554 g/mol. The van der Waals surface area contributed by atoms with Crippen LogP contribution in [0.25, 0.3) is 23.0 Å². The van der Waals surface area contributed by atoms with Crippen molar-refractivity contribution in [3.8, 4) is 22.7 Å². The van der Waals surface area contributed by atoms with Crippen molar-refractivity contribution in [3.05, 3.63) is 106 Å². The summed E-state index contributed by atoms with van der Waals surface area (Å²) in [6, 6.07) is 26.1. The van der Waals surface area contributed by atoms with Gasteiger partial charge in [0.2, 0.25) is 0 Å². The molecule has 0 aliphatic carbocycles. The van der Waals surface area contributed by atoms with E-state index in [0.717, 1.165) is 60.4 Å². The first-order chi connectivity index (χ1) is 20.1. The number of carbonyl (C=O) groups excluding carboxylic acids is 1. The minimum Gasteiger partial charge on any atom is -0.492 e. The number of amides is 1. The zero-order valence-electron chi connectivity index (χ0n) is 22.7. The summed E-state index contributed by atoms with van der Waals surface area (Å²) in [5.74, 6) is 0.406. The molecule has 2 aliphatic rings. The van der Waals surface area contributed by atoms with Crippen LogP contribution in [0.3, 0.4) is 0 Å². The maximum Gasteiger partial charge on any atom is 0.286 e. The van der Waals surface area contributed by atoms with Crippen LogP contribution in [-0.4, -0.2) is 63.4 Å². The van der Waals surface area contributed by atoms with Crippen LogP contribution in [0.1, 0.15) is 18.1 Å². The molecular formula is C32H30ClN5O2S. The number of rotatable bonds is 7. The van der Waals surface area contributed by atoms with Gasteiger partial charge in [0.15, 0.2) is 5.17 Å². The zero-order chi connectivity index (χ0) is 28.2. The first kappa shape index (κ1) is 27.3. The van der Waals surface area contributed by atoms with Crippen LogP contribution in [0.4, 0.5) is 0 Å². The molecule has 0 atom stereocenters. The van der Waals surface area contributed by atoms with E-state index in [9.17, 15) is 4.79 Å². The van der Waals surface area contributed by atoms with Gasteiger partial charge < -0.3 is 9.64 Å². The van der Waals surface area contributed by atoms with Gasteiger partial charge in [-0.15, -0.1) is 0 Å². The number of aliphatic imine (C=N–C) groups is 1. The van der Waals surface area contributed by atoms with E-state index in [1.807, 2.05) is 78.5 Å². The largest absolute Gasteiger partial charge is 0.492 e. The fourth-order valence-corrected chi connectivity index (χ4v) is 6.16. The molecule has 1 saturated heterocycles. The van der Waals surface area contributed by atoms with Crippen molar-refractivity contribution in [1.29, 1.82) is 0 Å². The number of halogens is 1. The molecule has 0 unspecified atom stereocenters. The average molecular weight is 584 g/mol. The highest BCUT2D eigenvalue weighted by Crippen LogP contribution is 2.36. The molecule has 7 nitrogen and oxygen atoms in total. The number of benzene rings is 3. The van der Waals surface area contributed by atoms with E-state index in [4.69, 9.17) is 21.4 Å². The molecule has 1 amide bonds. The Labute approximate surface area is 249 Å². The smallest absolute Gasteiger partial charge is 0.286 e. The molecule has 3 aromatic carbocycles. The lowest BCUT2D eigenvalue weighted by molar-refractivity contribution is -0.113. The number of carbonyl (C=O) groups is 1. The van der Waals surface area contributed by atoms with E-state index >= 15 is 0 Å². The molecule has 9 heteroatoms. The minimum atomic E-state index is -0.222. The summed E-state index contributed by atoms with van der Waals surface area (Å²) < 4.78 is 7.44. The molecule has 0 bridgehead atoms. The van der Waals surface area contributed by atoms with Crippen molar-refractivity contribution in [2.24, 2.45) is 4.99 Å². The monoisotopic (exact) mass is 583 g/mol. The number of hydrogen-bond acceptors (Lipinski definition) is 6. The molecule has 208 valence electrons. The summed E-state index contributed by atoms with van der Waals surface area (Å²) in [4.78, 5) is 22.7. The van der Waals surface area contributed by atoms with Crippen molar-refractivity contribution < 1.29 is 9.53 Å². The Bertz CT molecular complexity index is 1600. The van der Waals surface area contributed by atoms with Gasteiger partial charge in [0.1, 0.15) is 11.4 Å². The van der Waals surface area contributed by atoms with Crippen LogP contribution < -0.4 is 4.74 Å². The molecule has 41 heavy (non-hydrogen) atoms. The van der Waals surface area contributed by atoms with E-state index in [1.165, 1.54) is 17.3 Å². The fraction of sp³-hybridized carbons (Fsp3) is 0.219. The Morgan fingerprint density at radius 3 is 2.41 bits per heavy atom. The van der Waals surface area contributed by atoms with Gasteiger partial charge in [-0.2, -0.15) is 10.1 Å². The second-order valence-electron chi connectivity index (χ2n) is 9.85. The third-order valence-corrected chi connectivity index (χ3v) is 8.40. The SMILES string of the molecule is CCOc1ccc(-c2nn(-c3ccccc3)cc2/C=C2\SC(N3CCN(Cc4ccccc4)CC3)=NC2=O)cc1Cl. The summed E-state index contributed by atoms with van der Waals surface area (Å²) in [6.07, 6.45) is 3.83. The van der Waals surface area contributed by atoms with Crippen LogP contribution in [0, 0.1) is 0 Å². The number of ether oxygens (including phenoxy) is 1. The van der Waals surface area contributed by atoms with Crippen LogP contribution in [0.2, 0.25) is 5.02 Å². The molecule has 6 rings (SSSR count). The molecule has 3 heterocycles. The molecule has 4 aromatic rings. The third-order valence-electron chi connectivity index (χ3n) is 7.06. The maximum atomic E-state index is 13.1. The standard InChI is InChI=1S/C32H30ClN5O2S/c1-2-40-28-14-13-24(19-27(28)33)30-25(22-38(35-30)26-11-7-4-8-12-26)20-29-31(39)34-32(41-29)37-17-15-36(16-18-37)21-23-9-5-3-6-10-23/h3-14,19-20,22H,2,15-18,21H2,1H3/b29-20-. The first-order valence-corrected chi connectivity index (χ1v) is 14.9. The number of nitrogens with zero attached hydrogens (tertiary/aromatic N) is 5. The molecule has 1 fully saturated rings. The molecule has 0 N–H and O–H groups in total. The highest BCUT2D eigenvalue weighted by molar-refractivity contribution is 8.18. The summed E-state index contributed by atoms with van der Waals surface area (Å²) in [7, 11) is 0. The van der Waals surface area contributed by atoms with E-state index in [-0.39, 0.29) is 5.91 Å².